The molecule has 20 heavy (non-hydrogen) atoms. The van der Waals surface area contributed by atoms with Gasteiger partial charge in [0, 0.05) is 38.3 Å². The van der Waals surface area contributed by atoms with E-state index >= 15 is 0 Å². The quantitative estimate of drug-likeness (QED) is 0.790. The van der Waals surface area contributed by atoms with E-state index in [2.05, 4.69) is 26.8 Å². The van der Waals surface area contributed by atoms with Crippen molar-refractivity contribution in [3.8, 4) is 0 Å². The SMILES string of the molecule is CN(CCCO)C1CCN(c2cc(Cl)nc(N)n2)CC1. The van der Waals surface area contributed by atoms with E-state index in [4.69, 9.17) is 22.4 Å². The Bertz CT molecular complexity index is 417. The third-order valence-corrected chi connectivity index (χ3v) is 3.97. The van der Waals surface area contributed by atoms with E-state index in [9.17, 15) is 0 Å². The minimum absolute atomic E-state index is 0.217. The number of hydrogen-bond donors (Lipinski definition) is 2. The zero-order chi connectivity index (χ0) is 14.5. The molecule has 0 unspecified atom stereocenters. The minimum Gasteiger partial charge on any atom is -0.396 e. The largest absolute Gasteiger partial charge is 0.396 e. The molecular weight excluding hydrogens is 278 g/mol. The Morgan fingerprint density at radius 3 is 2.75 bits per heavy atom. The Morgan fingerprint density at radius 2 is 2.15 bits per heavy atom. The van der Waals surface area contributed by atoms with Gasteiger partial charge in [0.1, 0.15) is 11.0 Å². The molecule has 1 saturated heterocycles. The molecule has 0 bridgehead atoms. The molecule has 1 aromatic heterocycles. The van der Waals surface area contributed by atoms with Crippen LogP contribution in [0.15, 0.2) is 6.07 Å². The first-order valence-electron chi connectivity index (χ1n) is 6.96. The fourth-order valence-corrected chi connectivity index (χ4v) is 2.81. The Kier molecular flexibility index (Phi) is 5.39. The Labute approximate surface area is 124 Å². The van der Waals surface area contributed by atoms with Crippen molar-refractivity contribution in [2.75, 3.05) is 43.9 Å². The molecule has 0 aliphatic carbocycles. The van der Waals surface area contributed by atoms with Crippen LogP contribution < -0.4 is 10.6 Å². The van der Waals surface area contributed by atoms with Crippen LogP contribution in [-0.4, -0.2) is 59.3 Å². The first-order valence-corrected chi connectivity index (χ1v) is 7.34. The average Bonchev–Trinajstić information content (AvgIpc) is 2.44. The van der Waals surface area contributed by atoms with Gasteiger partial charge in [-0.2, -0.15) is 4.98 Å². The van der Waals surface area contributed by atoms with Gasteiger partial charge in [-0.3, -0.25) is 0 Å². The summed E-state index contributed by atoms with van der Waals surface area (Å²) in [7, 11) is 2.12. The van der Waals surface area contributed by atoms with Gasteiger partial charge in [-0.25, -0.2) is 4.98 Å². The fourth-order valence-electron chi connectivity index (χ4n) is 2.62. The summed E-state index contributed by atoms with van der Waals surface area (Å²) < 4.78 is 0. The number of aromatic nitrogens is 2. The summed E-state index contributed by atoms with van der Waals surface area (Å²) in [6.45, 7) is 3.05. The lowest BCUT2D eigenvalue weighted by molar-refractivity contribution is 0.184. The van der Waals surface area contributed by atoms with Crippen molar-refractivity contribution in [2.45, 2.75) is 25.3 Å². The zero-order valence-corrected chi connectivity index (χ0v) is 12.6. The number of rotatable bonds is 5. The number of anilines is 2. The second-order valence-corrected chi connectivity index (χ2v) is 5.57. The lowest BCUT2D eigenvalue weighted by Crippen LogP contribution is -2.44. The number of aliphatic hydroxyl groups is 1. The van der Waals surface area contributed by atoms with Crippen LogP contribution in [-0.2, 0) is 0 Å². The van der Waals surface area contributed by atoms with Gasteiger partial charge in [0.15, 0.2) is 0 Å². The van der Waals surface area contributed by atoms with Crippen molar-refractivity contribution in [1.82, 2.24) is 14.9 Å². The second-order valence-electron chi connectivity index (χ2n) is 5.18. The maximum atomic E-state index is 8.88. The Hall–Kier alpha value is -1.11. The summed E-state index contributed by atoms with van der Waals surface area (Å²) >= 11 is 5.92. The Morgan fingerprint density at radius 1 is 1.45 bits per heavy atom. The third-order valence-electron chi connectivity index (χ3n) is 3.78. The van der Waals surface area contributed by atoms with E-state index in [0.717, 1.165) is 44.7 Å². The number of aliphatic hydroxyl groups excluding tert-OH is 1. The van der Waals surface area contributed by atoms with Crippen LogP contribution in [0, 0.1) is 0 Å². The fraction of sp³-hybridized carbons (Fsp3) is 0.692. The monoisotopic (exact) mass is 299 g/mol. The zero-order valence-electron chi connectivity index (χ0n) is 11.8. The summed E-state index contributed by atoms with van der Waals surface area (Å²) in [5, 5.41) is 9.27. The van der Waals surface area contributed by atoms with Gasteiger partial charge in [0.25, 0.3) is 0 Å². The van der Waals surface area contributed by atoms with E-state index in [0.29, 0.717) is 11.2 Å². The smallest absolute Gasteiger partial charge is 0.223 e. The highest BCUT2D eigenvalue weighted by atomic mass is 35.5. The van der Waals surface area contributed by atoms with Crippen LogP contribution in [0.2, 0.25) is 5.15 Å². The standard InChI is InChI=1S/C13H22ClN5O/c1-18(5-2-8-20)10-3-6-19(7-4-10)12-9-11(14)16-13(15)17-12/h9-10,20H,2-8H2,1H3,(H2,15,16,17). The molecule has 6 nitrogen and oxygen atoms in total. The van der Waals surface area contributed by atoms with Gasteiger partial charge >= 0.3 is 0 Å². The predicted octanol–water partition coefficient (Wildman–Crippen LogP) is 0.995. The van der Waals surface area contributed by atoms with Crippen molar-refractivity contribution in [3.63, 3.8) is 0 Å². The molecule has 0 amide bonds. The summed E-state index contributed by atoms with van der Waals surface area (Å²) in [5.41, 5.74) is 5.63. The van der Waals surface area contributed by atoms with Crippen LogP contribution in [0.3, 0.4) is 0 Å². The van der Waals surface area contributed by atoms with E-state index in [1.54, 1.807) is 6.07 Å². The van der Waals surface area contributed by atoms with Crippen LogP contribution >= 0.6 is 11.6 Å². The number of nitrogens with two attached hydrogens (primary N) is 1. The van der Waals surface area contributed by atoms with E-state index in [1.165, 1.54) is 0 Å². The van der Waals surface area contributed by atoms with Crippen LogP contribution in [0.1, 0.15) is 19.3 Å². The lowest BCUT2D eigenvalue weighted by atomic mass is 10.0. The average molecular weight is 300 g/mol. The molecule has 2 heterocycles. The van der Waals surface area contributed by atoms with Crippen molar-refractivity contribution in [1.29, 1.82) is 0 Å². The lowest BCUT2D eigenvalue weighted by Gasteiger charge is -2.37. The van der Waals surface area contributed by atoms with Gasteiger partial charge < -0.3 is 20.6 Å². The highest BCUT2D eigenvalue weighted by molar-refractivity contribution is 6.29. The van der Waals surface area contributed by atoms with Gasteiger partial charge in [0.05, 0.1) is 0 Å². The maximum absolute atomic E-state index is 8.88. The maximum Gasteiger partial charge on any atom is 0.223 e. The molecule has 0 radical (unpaired) electrons. The molecule has 112 valence electrons. The van der Waals surface area contributed by atoms with Crippen LogP contribution in [0.4, 0.5) is 11.8 Å². The van der Waals surface area contributed by atoms with Crippen LogP contribution in [0.5, 0.6) is 0 Å². The summed E-state index contributed by atoms with van der Waals surface area (Å²) in [6.07, 6.45) is 2.97. The third kappa shape index (κ3) is 3.94. The van der Waals surface area contributed by atoms with E-state index in [1.807, 2.05) is 0 Å². The topological polar surface area (TPSA) is 78.5 Å². The van der Waals surface area contributed by atoms with Gasteiger partial charge in [-0.05, 0) is 26.3 Å². The molecule has 2 rings (SSSR count). The van der Waals surface area contributed by atoms with Gasteiger partial charge in [-0.1, -0.05) is 11.6 Å². The number of piperidine rings is 1. The normalized spacial score (nSPS) is 16.9. The predicted molar refractivity (Wildman–Crippen MR) is 81.0 cm³/mol. The summed E-state index contributed by atoms with van der Waals surface area (Å²) in [6, 6.07) is 2.32. The van der Waals surface area contributed by atoms with Crippen molar-refractivity contribution < 1.29 is 5.11 Å². The number of nitrogen functional groups attached to an aromatic ring is 1. The number of nitrogens with zero attached hydrogens (tertiary/aromatic N) is 4. The molecule has 0 saturated carbocycles. The molecule has 1 aliphatic rings. The van der Waals surface area contributed by atoms with Crippen LogP contribution in [0.25, 0.3) is 0 Å². The molecule has 1 aromatic rings. The van der Waals surface area contributed by atoms with E-state index < -0.39 is 0 Å². The number of hydrogen-bond acceptors (Lipinski definition) is 6. The van der Waals surface area contributed by atoms with Crippen molar-refractivity contribution in [2.24, 2.45) is 0 Å². The molecule has 7 heteroatoms. The molecule has 3 N–H and O–H groups in total. The molecule has 0 spiro atoms. The molecule has 1 fully saturated rings. The molecule has 0 aromatic carbocycles. The molecule has 1 aliphatic heterocycles. The first-order chi connectivity index (χ1) is 9.60. The highest BCUT2D eigenvalue weighted by Gasteiger charge is 2.23. The second kappa shape index (κ2) is 7.06. The van der Waals surface area contributed by atoms with Crippen molar-refractivity contribution in [3.05, 3.63) is 11.2 Å². The summed E-state index contributed by atoms with van der Waals surface area (Å²) in [4.78, 5) is 12.6. The van der Waals surface area contributed by atoms with Crippen molar-refractivity contribution >= 4 is 23.4 Å². The Balaban J connectivity index is 1.90. The first kappa shape index (κ1) is 15.3. The molecular formula is C13H22ClN5O. The minimum atomic E-state index is 0.217. The highest BCUT2D eigenvalue weighted by Crippen LogP contribution is 2.23. The van der Waals surface area contributed by atoms with Gasteiger partial charge in [-0.15, -0.1) is 0 Å². The number of halogens is 1. The molecule has 0 atom stereocenters. The van der Waals surface area contributed by atoms with Gasteiger partial charge in [0.2, 0.25) is 5.95 Å². The van der Waals surface area contributed by atoms with E-state index in [-0.39, 0.29) is 12.6 Å². The summed E-state index contributed by atoms with van der Waals surface area (Å²) in [5.74, 6) is 1.02.